The molecule has 1 aliphatic carbocycles. The number of carbonyl (C=O) groups excluding carboxylic acids is 3. The number of hydrogen-bond acceptors (Lipinski definition) is 4. The van der Waals surface area contributed by atoms with Crippen LogP contribution in [-0.2, 0) is 9.53 Å². The third-order valence-electron chi connectivity index (χ3n) is 3.98. The summed E-state index contributed by atoms with van der Waals surface area (Å²) in [6, 6.07) is 11.4. The van der Waals surface area contributed by atoms with Crippen molar-refractivity contribution in [2.75, 3.05) is 12.4 Å². The van der Waals surface area contributed by atoms with Crippen molar-refractivity contribution < 1.29 is 23.5 Å². The molecule has 6 nitrogen and oxygen atoms in total. The summed E-state index contributed by atoms with van der Waals surface area (Å²) in [5, 5.41) is 2.68. The second-order valence-corrected chi connectivity index (χ2v) is 6.13. The van der Waals surface area contributed by atoms with Gasteiger partial charge in [0.2, 0.25) is 5.91 Å². The number of nitrogens with two attached hydrogens (primary N) is 1. The summed E-state index contributed by atoms with van der Waals surface area (Å²) in [5.74, 6) is -1.84. The lowest BCUT2D eigenvalue weighted by Gasteiger charge is -2.10. The molecule has 0 aromatic heterocycles. The first kappa shape index (κ1) is 20.1. The van der Waals surface area contributed by atoms with Crippen LogP contribution in [0.4, 0.5) is 10.1 Å². The Kier molecular flexibility index (Phi) is 6.65. The Bertz CT molecular complexity index is 849. The summed E-state index contributed by atoms with van der Waals surface area (Å²) in [6.07, 6.45) is 1.77. The number of esters is 1. The molecule has 0 unspecified atom stereocenters. The molecule has 1 fully saturated rings. The second-order valence-electron chi connectivity index (χ2n) is 6.13. The number of benzene rings is 2. The zero-order valence-electron chi connectivity index (χ0n) is 15.1. The van der Waals surface area contributed by atoms with E-state index in [0.717, 1.165) is 12.8 Å². The van der Waals surface area contributed by atoms with Crippen LogP contribution < -0.4 is 11.1 Å². The molecule has 2 aromatic carbocycles. The lowest BCUT2D eigenvalue weighted by atomic mass is 10.1. The van der Waals surface area contributed by atoms with E-state index in [1.807, 2.05) is 6.07 Å². The molecule has 3 rings (SSSR count). The van der Waals surface area contributed by atoms with Gasteiger partial charge >= 0.3 is 5.97 Å². The Labute approximate surface area is 156 Å². The predicted molar refractivity (Wildman–Crippen MR) is 98.8 cm³/mol. The van der Waals surface area contributed by atoms with Gasteiger partial charge in [-0.25, -0.2) is 9.18 Å². The quantitative estimate of drug-likeness (QED) is 0.806. The van der Waals surface area contributed by atoms with Crippen molar-refractivity contribution in [3.63, 3.8) is 0 Å². The van der Waals surface area contributed by atoms with E-state index in [-0.39, 0.29) is 23.4 Å². The Balaban J connectivity index is 0.000000223. The van der Waals surface area contributed by atoms with Crippen molar-refractivity contribution in [1.29, 1.82) is 0 Å². The molecule has 27 heavy (non-hydrogen) atoms. The van der Waals surface area contributed by atoms with Gasteiger partial charge < -0.3 is 15.8 Å². The zero-order chi connectivity index (χ0) is 20.0. The number of halogens is 1. The van der Waals surface area contributed by atoms with Gasteiger partial charge in [-0.1, -0.05) is 18.2 Å². The number of nitrogens with one attached hydrogen (secondary N) is 1. The van der Waals surface area contributed by atoms with E-state index < -0.39 is 11.7 Å². The average molecular weight is 372 g/mol. The topological polar surface area (TPSA) is 98.5 Å². The number of anilines is 1. The van der Waals surface area contributed by atoms with Crippen molar-refractivity contribution in [3.05, 3.63) is 65.0 Å². The van der Waals surface area contributed by atoms with Gasteiger partial charge in [0.15, 0.2) is 0 Å². The third kappa shape index (κ3) is 5.64. The third-order valence-corrected chi connectivity index (χ3v) is 3.98. The number of hydrogen-bond donors (Lipinski definition) is 2. The highest BCUT2D eigenvalue weighted by atomic mass is 19.1. The van der Waals surface area contributed by atoms with Crippen LogP contribution in [0, 0.1) is 18.7 Å². The molecule has 1 saturated carbocycles. The number of primary amides is 1. The summed E-state index contributed by atoms with van der Waals surface area (Å²) in [6.45, 7) is 1.66. The summed E-state index contributed by atoms with van der Waals surface area (Å²) in [4.78, 5) is 33.3. The molecular weight excluding hydrogens is 351 g/mol. The fraction of sp³-hybridized carbons (Fsp3) is 0.250. The van der Waals surface area contributed by atoms with Crippen molar-refractivity contribution in [3.8, 4) is 0 Å². The zero-order valence-corrected chi connectivity index (χ0v) is 15.1. The highest BCUT2D eigenvalue weighted by Crippen LogP contribution is 2.31. The highest BCUT2D eigenvalue weighted by Gasteiger charge is 2.30. The molecule has 142 valence electrons. The molecule has 0 saturated heterocycles. The number of ether oxygens (including phenoxy) is 1. The fourth-order valence-electron chi connectivity index (χ4n) is 2.27. The van der Waals surface area contributed by atoms with Gasteiger partial charge in [-0.3, -0.25) is 9.59 Å². The Hall–Kier alpha value is -3.22. The van der Waals surface area contributed by atoms with Crippen LogP contribution in [0.3, 0.4) is 0 Å². The van der Waals surface area contributed by atoms with Crippen LogP contribution in [0.25, 0.3) is 0 Å². The molecule has 2 amide bonds. The average Bonchev–Trinajstić information content (AvgIpc) is 3.49. The first-order valence-corrected chi connectivity index (χ1v) is 8.37. The number of carbonyl (C=O) groups is 3. The first-order valence-electron chi connectivity index (χ1n) is 8.37. The van der Waals surface area contributed by atoms with Crippen LogP contribution in [0.5, 0.6) is 0 Å². The van der Waals surface area contributed by atoms with Crippen LogP contribution in [0.2, 0.25) is 0 Å². The van der Waals surface area contributed by atoms with Gasteiger partial charge in [0.1, 0.15) is 5.82 Å². The fourth-order valence-corrected chi connectivity index (χ4v) is 2.27. The summed E-state index contributed by atoms with van der Waals surface area (Å²) in [7, 11) is 1.37. The number of methoxy groups -OCH3 is 1. The van der Waals surface area contributed by atoms with E-state index in [4.69, 9.17) is 5.73 Å². The van der Waals surface area contributed by atoms with Crippen LogP contribution in [-0.4, -0.2) is 24.9 Å². The molecule has 0 heterocycles. The Morgan fingerprint density at radius 3 is 2.30 bits per heavy atom. The smallest absolute Gasteiger partial charge is 0.337 e. The van der Waals surface area contributed by atoms with Gasteiger partial charge in [0, 0.05) is 11.6 Å². The van der Waals surface area contributed by atoms with Crippen molar-refractivity contribution in [1.82, 2.24) is 0 Å². The number of amides is 2. The molecule has 7 heteroatoms. The molecule has 0 spiro atoms. The minimum Gasteiger partial charge on any atom is -0.465 e. The minimum absolute atomic E-state index is 0.0523. The van der Waals surface area contributed by atoms with E-state index >= 15 is 0 Å². The predicted octanol–water partition coefficient (Wildman–Crippen LogP) is 3.05. The first-order chi connectivity index (χ1) is 12.8. The van der Waals surface area contributed by atoms with Crippen molar-refractivity contribution in [2.24, 2.45) is 11.7 Å². The molecule has 0 bridgehead atoms. The molecular formula is C20H21FN2O4. The largest absolute Gasteiger partial charge is 0.465 e. The monoisotopic (exact) mass is 372 g/mol. The Morgan fingerprint density at radius 1 is 1.15 bits per heavy atom. The maximum absolute atomic E-state index is 13.4. The molecule has 1 aliphatic rings. The summed E-state index contributed by atoms with van der Waals surface area (Å²) in [5.41, 5.74) is 6.44. The van der Waals surface area contributed by atoms with Crippen molar-refractivity contribution in [2.45, 2.75) is 19.8 Å². The molecule has 0 atom stereocenters. The van der Waals surface area contributed by atoms with Gasteiger partial charge in [0.05, 0.1) is 18.2 Å². The molecule has 0 radical (unpaired) electrons. The van der Waals surface area contributed by atoms with E-state index in [2.05, 4.69) is 10.1 Å². The van der Waals surface area contributed by atoms with E-state index in [1.54, 1.807) is 31.2 Å². The van der Waals surface area contributed by atoms with E-state index in [0.29, 0.717) is 16.8 Å². The Morgan fingerprint density at radius 2 is 1.78 bits per heavy atom. The maximum Gasteiger partial charge on any atom is 0.337 e. The lowest BCUT2D eigenvalue weighted by molar-refractivity contribution is -0.117. The summed E-state index contributed by atoms with van der Waals surface area (Å²) < 4.78 is 17.9. The lowest BCUT2D eigenvalue weighted by Crippen LogP contribution is -2.17. The minimum atomic E-state index is -0.843. The molecule has 0 aliphatic heterocycles. The maximum atomic E-state index is 13.4. The number of rotatable bonds is 4. The highest BCUT2D eigenvalue weighted by molar-refractivity contribution is 5.98. The van der Waals surface area contributed by atoms with E-state index in [9.17, 15) is 18.8 Å². The number of aryl methyl sites for hydroxylation is 1. The summed E-state index contributed by atoms with van der Waals surface area (Å²) >= 11 is 0. The van der Waals surface area contributed by atoms with Crippen LogP contribution in [0.1, 0.15) is 39.1 Å². The van der Waals surface area contributed by atoms with Gasteiger partial charge in [-0.15, -0.1) is 0 Å². The standard InChI is InChI=1S/C12H13FN2O2.C8H8O2/c1-6-4-9(13)8(11(14)16)5-10(6)15-12(17)7-2-3-7;1-10-8(9)7-5-3-2-4-6-7/h4-5,7H,2-3H2,1H3,(H2,14,16)(H,15,17);2-6H,1H3. The molecule has 3 N–H and O–H groups in total. The van der Waals surface area contributed by atoms with Crippen LogP contribution >= 0.6 is 0 Å². The van der Waals surface area contributed by atoms with Gasteiger partial charge in [-0.2, -0.15) is 0 Å². The van der Waals surface area contributed by atoms with Gasteiger partial charge in [-0.05, 0) is 49.6 Å². The van der Waals surface area contributed by atoms with Crippen LogP contribution in [0.15, 0.2) is 42.5 Å². The van der Waals surface area contributed by atoms with Crippen molar-refractivity contribution >= 4 is 23.5 Å². The normalized spacial score (nSPS) is 12.4. The molecule has 2 aromatic rings. The van der Waals surface area contributed by atoms with Gasteiger partial charge in [0.25, 0.3) is 5.91 Å². The second kappa shape index (κ2) is 8.93. The SMILES string of the molecule is COC(=O)c1ccccc1.Cc1cc(F)c(C(N)=O)cc1NC(=O)C1CC1. The van der Waals surface area contributed by atoms with E-state index in [1.165, 1.54) is 19.2 Å².